The first-order valence-corrected chi connectivity index (χ1v) is 11.1. The third-order valence-corrected chi connectivity index (χ3v) is 7.08. The average molecular weight is 411 g/mol. The lowest BCUT2D eigenvalue weighted by molar-refractivity contribution is -0.136. The van der Waals surface area contributed by atoms with Crippen LogP contribution >= 0.6 is 0 Å². The van der Waals surface area contributed by atoms with Crippen molar-refractivity contribution >= 4 is 15.9 Å². The van der Waals surface area contributed by atoms with Crippen molar-refractivity contribution in [3.8, 4) is 0 Å². The molecule has 8 nitrogen and oxygen atoms in total. The zero-order valence-electron chi connectivity index (χ0n) is 16.7. The number of hydrogen-bond acceptors (Lipinski definition) is 6. The van der Waals surface area contributed by atoms with Crippen LogP contribution < -0.4 is 0 Å². The van der Waals surface area contributed by atoms with Crippen molar-refractivity contribution in [2.45, 2.75) is 11.4 Å². The zero-order valence-corrected chi connectivity index (χ0v) is 17.5. The highest BCUT2D eigenvalue weighted by Crippen LogP contribution is 2.17. The highest BCUT2D eigenvalue weighted by Gasteiger charge is 2.23. The second kappa shape index (κ2) is 9.32. The minimum absolute atomic E-state index is 0.179. The topological polar surface area (TPSA) is 73.4 Å². The van der Waals surface area contributed by atoms with E-state index in [0.717, 1.165) is 31.7 Å². The van der Waals surface area contributed by atoms with E-state index in [-0.39, 0.29) is 5.91 Å². The van der Waals surface area contributed by atoms with Gasteiger partial charge in [-0.3, -0.25) is 14.6 Å². The molecule has 0 aliphatic carbocycles. The Morgan fingerprint density at radius 3 is 2.32 bits per heavy atom. The number of carbonyl (C=O) groups excluding carboxylic acids is 1. The van der Waals surface area contributed by atoms with E-state index in [1.165, 1.54) is 4.31 Å². The maximum Gasteiger partial charge on any atom is 0.242 e. The molecular formula is C19H30N4O4S. The van der Waals surface area contributed by atoms with Crippen LogP contribution in [0.25, 0.3) is 0 Å². The normalized spacial score (nSPS) is 19.9. The molecule has 2 aliphatic heterocycles. The van der Waals surface area contributed by atoms with Crippen LogP contribution in [0.15, 0.2) is 29.2 Å². The predicted molar refractivity (Wildman–Crippen MR) is 106 cm³/mol. The molecule has 2 saturated heterocycles. The second-order valence-corrected chi connectivity index (χ2v) is 9.63. The van der Waals surface area contributed by atoms with Gasteiger partial charge in [-0.25, -0.2) is 12.7 Å². The first-order valence-electron chi connectivity index (χ1n) is 9.68. The first-order chi connectivity index (χ1) is 13.4. The van der Waals surface area contributed by atoms with Gasteiger partial charge in [0.2, 0.25) is 15.9 Å². The molecule has 0 saturated carbocycles. The third kappa shape index (κ3) is 5.30. The van der Waals surface area contributed by atoms with Crippen LogP contribution in [0.5, 0.6) is 0 Å². The van der Waals surface area contributed by atoms with Crippen LogP contribution in [0.4, 0.5) is 0 Å². The van der Waals surface area contributed by atoms with Crippen LogP contribution in [-0.2, 0) is 26.1 Å². The lowest BCUT2D eigenvalue weighted by atomic mass is 10.2. The SMILES string of the molecule is CN(C)S(=O)(=O)c1cccc(CN2CCN(CC(=O)N3CCOCC3)CC2)c1. The van der Waals surface area contributed by atoms with E-state index < -0.39 is 10.0 Å². The molecule has 28 heavy (non-hydrogen) atoms. The smallest absolute Gasteiger partial charge is 0.242 e. The Hall–Kier alpha value is -1.52. The fourth-order valence-corrected chi connectivity index (χ4v) is 4.46. The maximum absolute atomic E-state index is 12.4. The molecule has 0 bridgehead atoms. The largest absolute Gasteiger partial charge is 0.378 e. The molecule has 0 radical (unpaired) electrons. The van der Waals surface area contributed by atoms with Gasteiger partial charge in [0, 0.05) is 59.9 Å². The summed E-state index contributed by atoms with van der Waals surface area (Å²) in [5, 5.41) is 0. The van der Waals surface area contributed by atoms with Crippen LogP contribution in [0.1, 0.15) is 5.56 Å². The van der Waals surface area contributed by atoms with Crippen molar-refractivity contribution in [1.82, 2.24) is 19.0 Å². The fraction of sp³-hybridized carbons (Fsp3) is 0.632. The number of rotatable bonds is 6. The number of piperazine rings is 1. The van der Waals surface area contributed by atoms with E-state index in [9.17, 15) is 13.2 Å². The molecule has 1 aromatic rings. The van der Waals surface area contributed by atoms with E-state index >= 15 is 0 Å². The fourth-order valence-electron chi connectivity index (χ4n) is 3.48. The minimum Gasteiger partial charge on any atom is -0.378 e. The Kier molecular flexibility index (Phi) is 7.05. The van der Waals surface area contributed by atoms with Crippen molar-refractivity contribution in [2.75, 3.05) is 73.1 Å². The van der Waals surface area contributed by atoms with Gasteiger partial charge in [-0.05, 0) is 17.7 Å². The van der Waals surface area contributed by atoms with E-state index in [4.69, 9.17) is 4.74 Å². The molecule has 2 aliphatic rings. The highest BCUT2D eigenvalue weighted by molar-refractivity contribution is 7.89. The maximum atomic E-state index is 12.4. The Morgan fingerprint density at radius 2 is 1.68 bits per heavy atom. The molecular weight excluding hydrogens is 380 g/mol. The van der Waals surface area contributed by atoms with Crippen molar-refractivity contribution in [3.63, 3.8) is 0 Å². The number of carbonyl (C=O) groups is 1. The molecule has 0 spiro atoms. The number of amides is 1. The summed E-state index contributed by atoms with van der Waals surface area (Å²) in [6.07, 6.45) is 0. The summed E-state index contributed by atoms with van der Waals surface area (Å²) in [4.78, 5) is 19.1. The molecule has 2 heterocycles. The van der Waals surface area contributed by atoms with Crippen molar-refractivity contribution in [2.24, 2.45) is 0 Å². The van der Waals surface area contributed by atoms with Gasteiger partial charge in [0.25, 0.3) is 0 Å². The molecule has 156 valence electrons. The summed E-state index contributed by atoms with van der Waals surface area (Å²) in [5.41, 5.74) is 0.987. The van der Waals surface area contributed by atoms with Crippen molar-refractivity contribution < 1.29 is 17.9 Å². The van der Waals surface area contributed by atoms with Crippen LogP contribution in [0.3, 0.4) is 0 Å². The van der Waals surface area contributed by atoms with E-state index in [2.05, 4.69) is 9.80 Å². The number of ether oxygens (including phenoxy) is 1. The van der Waals surface area contributed by atoms with Crippen LogP contribution in [0.2, 0.25) is 0 Å². The summed E-state index contributed by atoms with van der Waals surface area (Å²) in [6.45, 7) is 7.20. The minimum atomic E-state index is -3.42. The van der Waals surface area contributed by atoms with Gasteiger partial charge in [0.15, 0.2) is 0 Å². The lowest BCUT2D eigenvalue weighted by Crippen LogP contribution is -2.51. The monoisotopic (exact) mass is 410 g/mol. The molecule has 0 N–H and O–H groups in total. The van der Waals surface area contributed by atoms with Gasteiger partial charge in [-0.2, -0.15) is 0 Å². The van der Waals surface area contributed by atoms with E-state index in [0.29, 0.717) is 44.3 Å². The molecule has 1 amide bonds. The number of sulfonamides is 1. The van der Waals surface area contributed by atoms with Crippen LogP contribution in [-0.4, -0.2) is 106 Å². The standard InChI is InChI=1S/C19H30N4O4S/c1-20(2)28(25,26)18-5-3-4-17(14-18)15-21-6-8-22(9-7-21)16-19(24)23-10-12-27-13-11-23/h3-5,14H,6-13,15-16H2,1-2H3. The summed E-state index contributed by atoms with van der Waals surface area (Å²) >= 11 is 0. The van der Waals surface area contributed by atoms with E-state index in [1.54, 1.807) is 32.3 Å². The summed E-state index contributed by atoms with van der Waals surface area (Å²) in [5.74, 6) is 0.179. The zero-order chi connectivity index (χ0) is 20.1. The second-order valence-electron chi connectivity index (χ2n) is 7.48. The van der Waals surface area contributed by atoms with E-state index in [1.807, 2.05) is 11.0 Å². The van der Waals surface area contributed by atoms with Gasteiger partial charge in [-0.15, -0.1) is 0 Å². The van der Waals surface area contributed by atoms with Gasteiger partial charge >= 0.3 is 0 Å². The Labute approximate surface area is 167 Å². The number of nitrogens with zero attached hydrogens (tertiary/aromatic N) is 4. The van der Waals surface area contributed by atoms with Crippen LogP contribution in [0, 0.1) is 0 Å². The molecule has 0 aromatic heterocycles. The number of hydrogen-bond donors (Lipinski definition) is 0. The summed E-state index contributed by atoms with van der Waals surface area (Å²) in [6, 6.07) is 7.14. The van der Waals surface area contributed by atoms with Gasteiger partial charge in [-0.1, -0.05) is 12.1 Å². The lowest BCUT2D eigenvalue weighted by Gasteiger charge is -2.36. The summed E-state index contributed by atoms with van der Waals surface area (Å²) in [7, 11) is -0.335. The number of benzene rings is 1. The van der Waals surface area contributed by atoms with Gasteiger partial charge in [0.1, 0.15) is 0 Å². The predicted octanol–water partition coefficient (Wildman–Crippen LogP) is -0.0867. The Balaban J connectivity index is 1.50. The average Bonchev–Trinajstić information content (AvgIpc) is 2.70. The van der Waals surface area contributed by atoms with Crippen molar-refractivity contribution in [3.05, 3.63) is 29.8 Å². The Bertz CT molecular complexity index is 770. The van der Waals surface area contributed by atoms with Gasteiger partial charge in [0.05, 0.1) is 24.7 Å². The number of morpholine rings is 1. The third-order valence-electron chi connectivity index (χ3n) is 5.27. The molecule has 9 heteroatoms. The first kappa shape index (κ1) is 21.2. The molecule has 0 atom stereocenters. The molecule has 3 rings (SSSR count). The molecule has 2 fully saturated rings. The highest BCUT2D eigenvalue weighted by atomic mass is 32.2. The van der Waals surface area contributed by atoms with Crippen molar-refractivity contribution in [1.29, 1.82) is 0 Å². The molecule has 0 unspecified atom stereocenters. The summed E-state index contributed by atoms with van der Waals surface area (Å²) < 4.78 is 31.2. The molecule has 1 aromatic carbocycles. The quantitative estimate of drug-likeness (QED) is 0.653. The Morgan fingerprint density at radius 1 is 1.04 bits per heavy atom. The van der Waals surface area contributed by atoms with Gasteiger partial charge < -0.3 is 9.64 Å².